The van der Waals surface area contributed by atoms with Crippen LogP contribution in [0, 0.1) is 5.41 Å². The van der Waals surface area contributed by atoms with E-state index >= 15 is 0 Å². The maximum Gasteiger partial charge on any atom is 0.236 e. The summed E-state index contributed by atoms with van der Waals surface area (Å²) >= 11 is 0. The van der Waals surface area contributed by atoms with Crippen molar-refractivity contribution in [3.8, 4) is 0 Å². The van der Waals surface area contributed by atoms with E-state index in [1.165, 1.54) is 0 Å². The molecule has 1 rings (SSSR count). The number of likely N-dealkylation sites (N-methyl/N-ethyl adjacent to an activating group) is 1. The van der Waals surface area contributed by atoms with Crippen LogP contribution < -0.4 is 10.6 Å². The lowest BCUT2D eigenvalue weighted by atomic mass is 10.1. The fourth-order valence-corrected chi connectivity index (χ4v) is 1.25. The minimum atomic E-state index is -0.172. The van der Waals surface area contributed by atoms with Crippen molar-refractivity contribution in [1.82, 2.24) is 10.6 Å². The van der Waals surface area contributed by atoms with Gasteiger partial charge in [0.2, 0.25) is 5.91 Å². The summed E-state index contributed by atoms with van der Waals surface area (Å²) in [5.74, 6) is -0.00580. The Labute approximate surface area is 78.7 Å². The maximum absolute atomic E-state index is 11.1. The first-order chi connectivity index (χ1) is 6.13. The van der Waals surface area contributed by atoms with E-state index in [9.17, 15) is 4.79 Å². The summed E-state index contributed by atoms with van der Waals surface area (Å²) in [5.41, 5.74) is 0.0717. The molecular formula is C9H18N2O2. The van der Waals surface area contributed by atoms with Crippen molar-refractivity contribution in [2.24, 2.45) is 5.41 Å². The second-order valence-corrected chi connectivity index (χ2v) is 3.87. The third-order valence-electron chi connectivity index (χ3n) is 2.72. The number of aliphatic hydroxyl groups excluding tert-OH is 1. The molecule has 0 aliphatic heterocycles. The Hall–Kier alpha value is -0.610. The maximum atomic E-state index is 11.1. The number of carbonyl (C=O) groups excluding carboxylic acids is 1. The molecule has 1 amide bonds. The van der Waals surface area contributed by atoms with Gasteiger partial charge in [-0.05, 0) is 19.8 Å². The third kappa shape index (κ3) is 2.67. The zero-order valence-corrected chi connectivity index (χ0v) is 8.26. The molecule has 4 nitrogen and oxygen atoms in total. The molecule has 0 aromatic heterocycles. The van der Waals surface area contributed by atoms with Crippen LogP contribution in [0.5, 0.6) is 0 Å². The molecule has 0 spiro atoms. The molecular weight excluding hydrogens is 168 g/mol. The Balaban J connectivity index is 2.22. The molecule has 0 aromatic rings. The molecule has 0 saturated heterocycles. The molecule has 3 N–H and O–H groups in total. The van der Waals surface area contributed by atoms with E-state index in [-0.39, 0.29) is 24.0 Å². The average Bonchev–Trinajstić information content (AvgIpc) is 2.93. The van der Waals surface area contributed by atoms with Crippen LogP contribution in [-0.2, 0) is 4.79 Å². The van der Waals surface area contributed by atoms with Crippen molar-refractivity contribution in [2.45, 2.75) is 25.8 Å². The minimum absolute atomic E-state index is 0.00580. The van der Waals surface area contributed by atoms with E-state index in [1.54, 1.807) is 7.05 Å². The van der Waals surface area contributed by atoms with Gasteiger partial charge >= 0.3 is 0 Å². The number of carbonyl (C=O) groups is 1. The zero-order chi connectivity index (χ0) is 9.90. The van der Waals surface area contributed by atoms with Gasteiger partial charge in [0.15, 0.2) is 0 Å². The fraction of sp³-hybridized carbons (Fsp3) is 0.889. The van der Waals surface area contributed by atoms with E-state index in [4.69, 9.17) is 5.11 Å². The van der Waals surface area contributed by atoms with Crippen molar-refractivity contribution in [2.75, 3.05) is 20.2 Å². The van der Waals surface area contributed by atoms with Crippen LogP contribution in [0.4, 0.5) is 0 Å². The Kier molecular flexibility index (Phi) is 3.27. The van der Waals surface area contributed by atoms with Gasteiger partial charge in [0.05, 0.1) is 6.04 Å². The number of aliphatic hydroxyl groups is 1. The lowest BCUT2D eigenvalue weighted by molar-refractivity contribution is -0.122. The number of hydrogen-bond donors (Lipinski definition) is 3. The topological polar surface area (TPSA) is 61.4 Å². The highest BCUT2D eigenvalue weighted by molar-refractivity contribution is 5.80. The normalized spacial score (nSPS) is 20.8. The second-order valence-electron chi connectivity index (χ2n) is 3.87. The van der Waals surface area contributed by atoms with E-state index in [2.05, 4.69) is 10.6 Å². The van der Waals surface area contributed by atoms with Gasteiger partial charge in [0.1, 0.15) is 0 Å². The second kappa shape index (κ2) is 4.07. The van der Waals surface area contributed by atoms with E-state index < -0.39 is 0 Å². The third-order valence-corrected chi connectivity index (χ3v) is 2.72. The van der Waals surface area contributed by atoms with E-state index in [1.807, 2.05) is 6.92 Å². The van der Waals surface area contributed by atoms with Gasteiger partial charge in [0, 0.05) is 25.6 Å². The molecule has 0 bridgehead atoms. The van der Waals surface area contributed by atoms with Gasteiger partial charge in [0.25, 0.3) is 0 Å². The quantitative estimate of drug-likeness (QED) is 0.541. The highest BCUT2D eigenvalue weighted by Gasteiger charge is 2.41. The van der Waals surface area contributed by atoms with Crippen molar-refractivity contribution in [3.63, 3.8) is 0 Å². The van der Waals surface area contributed by atoms with Crippen LogP contribution in [0.1, 0.15) is 19.8 Å². The Bertz CT molecular complexity index is 190. The van der Waals surface area contributed by atoms with Gasteiger partial charge in [-0.1, -0.05) is 0 Å². The molecule has 4 heteroatoms. The number of nitrogens with one attached hydrogen (secondary N) is 2. The molecule has 1 unspecified atom stereocenters. The first kappa shape index (κ1) is 10.5. The zero-order valence-electron chi connectivity index (χ0n) is 8.26. The molecule has 1 saturated carbocycles. The van der Waals surface area contributed by atoms with Crippen molar-refractivity contribution < 1.29 is 9.90 Å². The molecule has 13 heavy (non-hydrogen) atoms. The van der Waals surface area contributed by atoms with Crippen LogP contribution in [0.25, 0.3) is 0 Å². The minimum Gasteiger partial charge on any atom is -0.396 e. The highest BCUT2D eigenvalue weighted by Crippen LogP contribution is 2.44. The summed E-state index contributed by atoms with van der Waals surface area (Å²) in [5, 5.41) is 14.7. The van der Waals surface area contributed by atoms with Crippen LogP contribution in [0.15, 0.2) is 0 Å². The van der Waals surface area contributed by atoms with Crippen molar-refractivity contribution >= 4 is 5.91 Å². The standard InChI is InChI=1S/C9H18N2O2/c1-7(8(13)10-2)11-5-9(6-12)3-4-9/h7,11-12H,3-6H2,1-2H3,(H,10,13). The van der Waals surface area contributed by atoms with Gasteiger partial charge < -0.3 is 15.7 Å². The number of hydrogen-bond acceptors (Lipinski definition) is 3. The Morgan fingerprint density at radius 1 is 1.62 bits per heavy atom. The smallest absolute Gasteiger partial charge is 0.236 e. The van der Waals surface area contributed by atoms with Crippen LogP contribution >= 0.6 is 0 Å². The molecule has 0 radical (unpaired) electrons. The van der Waals surface area contributed by atoms with Gasteiger partial charge in [-0.3, -0.25) is 4.79 Å². The average molecular weight is 186 g/mol. The molecule has 1 aliphatic carbocycles. The largest absolute Gasteiger partial charge is 0.396 e. The molecule has 1 fully saturated rings. The molecule has 1 atom stereocenters. The van der Waals surface area contributed by atoms with E-state index in [0.717, 1.165) is 19.4 Å². The number of amides is 1. The molecule has 1 aliphatic rings. The summed E-state index contributed by atoms with van der Waals surface area (Å²) in [6.07, 6.45) is 2.13. The predicted molar refractivity (Wildman–Crippen MR) is 50.3 cm³/mol. The molecule has 0 heterocycles. The molecule has 76 valence electrons. The number of rotatable bonds is 5. The summed E-state index contributed by atoms with van der Waals surface area (Å²) in [4.78, 5) is 11.1. The van der Waals surface area contributed by atoms with Crippen molar-refractivity contribution in [1.29, 1.82) is 0 Å². The van der Waals surface area contributed by atoms with E-state index in [0.29, 0.717) is 0 Å². The SMILES string of the molecule is CNC(=O)C(C)NCC1(CO)CC1. The summed E-state index contributed by atoms with van der Waals surface area (Å²) in [7, 11) is 1.62. The van der Waals surface area contributed by atoms with Crippen molar-refractivity contribution in [3.05, 3.63) is 0 Å². The fourth-order valence-electron chi connectivity index (χ4n) is 1.25. The lowest BCUT2D eigenvalue weighted by Gasteiger charge is -2.16. The van der Waals surface area contributed by atoms with Gasteiger partial charge in [-0.25, -0.2) is 0 Å². The summed E-state index contributed by atoms with van der Waals surface area (Å²) in [6.45, 7) is 2.78. The summed E-state index contributed by atoms with van der Waals surface area (Å²) < 4.78 is 0. The summed E-state index contributed by atoms with van der Waals surface area (Å²) in [6, 6.07) is -0.172. The predicted octanol–water partition coefficient (Wildman–Crippen LogP) is -0.517. The highest BCUT2D eigenvalue weighted by atomic mass is 16.3. The van der Waals surface area contributed by atoms with Crippen LogP contribution in [0.3, 0.4) is 0 Å². The van der Waals surface area contributed by atoms with Gasteiger partial charge in [-0.2, -0.15) is 0 Å². The first-order valence-electron chi connectivity index (χ1n) is 4.69. The van der Waals surface area contributed by atoms with Crippen LogP contribution in [-0.4, -0.2) is 37.3 Å². The molecule has 0 aromatic carbocycles. The Morgan fingerprint density at radius 2 is 2.23 bits per heavy atom. The van der Waals surface area contributed by atoms with Gasteiger partial charge in [-0.15, -0.1) is 0 Å². The lowest BCUT2D eigenvalue weighted by Crippen LogP contribution is -2.43. The van der Waals surface area contributed by atoms with Crippen LogP contribution in [0.2, 0.25) is 0 Å². The monoisotopic (exact) mass is 186 g/mol. The first-order valence-corrected chi connectivity index (χ1v) is 4.69. The Morgan fingerprint density at radius 3 is 2.62 bits per heavy atom.